The Kier molecular flexibility index (Phi) is 3.33. The Morgan fingerprint density at radius 1 is 1.22 bits per heavy atom. The molecule has 1 aliphatic rings. The Balaban J connectivity index is 1.72. The molecule has 0 radical (unpaired) electrons. The van der Waals surface area contributed by atoms with Gasteiger partial charge in [0.1, 0.15) is 17.4 Å². The molecule has 1 saturated carbocycles. The highest BCUT2D eigenvalue weighted by Crippen LogP contribution is 2.45. The summed E-state index contributed by atoms with van der Waals surface area (Å²) in [6.45, 7) is 2.12. The van der Waals surface area contributed by atoms with Crippen LogP contribution in [0.3, 0.4) is 0 Å². The lowest BCUT2D eigenvalue weighted by Gasteiger charge is -2.14. The highest BCUT2D eigenvalue weighted by Gasteiger charge is 2.27. The molecular formula is C19H19FN2O. The summed E-state index contributed by atoms with van der Waals surface area (Å²) in [5.74, 6) is 2.31. The quantitative estimate of drug-likeness (QED) is 0.756. The number of fused-ring (bicyclic) bond motifs is 1. The molecule has 1 N–H and O–H groups in total. The maximum absolute atomic E-state index is 13.3. The molecule has 1 atom stereocenters. The number of H-pyrrole nitrogens is 1. The molecule has 0 bridgehead atoms. The largest absolute Gasteiger partial charge is 0.496 e. The number of halogens is 1. The van der Waals surface area contributed by atoms with Gasteiger partial charge in [0.05, 0.1) is 18.1 Å². The lowest BCUT2D eigenvalue weighted by Crippen LogP contribution is -2.00. The third kappa shape index (κ3) is 2.58. The molecule has 3 nitrogen and oxygen atoms in total. The first kappa shape index (κ1) is 14.2. The maximum atomic E-state index is 13.3. The summed E-state index contributed by atoms with van der Waals surface area (Å²) in [4.78, 5) is 7.86. The Hall–Kier alpha value is -2.36. The molecule has 0 saturated heterocycles. The lowest BCUT2D eigenvalue weighted by atomic mass is 9.96. The summed E-state index contributed by atoms with van der Waals surface area (Å²) < 4.78 is 18.8. The second kappa shape index (κ2) is 5.37. The molecule has 1 unspecified atom stereocenters. The van der Waals surface area contributed by atoms with E-state index in [0.717, 1.165) is 17.1 Å². The molecule has 1 heterocycles. The van der Waals surface area contributed by atoms with Crippen LogP contribution >= 0.6 is 0 Å². The van der Waals surface area contributed by atoms with Gasteiger partial charge in [-0.25, -0.2) is 9.37 Å². The number of nitrogens with one attached hydrogen (secondary N) is 1. The molecule has 4 heteroatoms. The van der Waals surface area contributed by atoms with Crippen LogP contribution in [0.5, 0.6) is 5.75 Å². The second-order valence-corrected chi connectivity index (χ2v) is 6.28. The van der Waals surface area contributed by atoms with E-state index in [9.17, 15) is 4.39 Å². The fourth-order valence-corrected chi connectivity index (χ4v) is 3.10. The molecule has 23 heavy (non-hydrogen) atoms. The van der Waals surface area contributed by atoms with Gasteiger partial charge in [-0.1, -0.05) is 19.1 Å². The molecule has 2 aromatic carbocycles. The van der Waals surface area contributed by atoms with Crippen LogP contribution in [-0.4, -0.2) is 17.1 Å². The lowest BCUT2D eigenvalue weighted by molar-refractivity contribution is 0.409. The van der Waals surface area contributed by atoms with E-state index in [-0.39, 0.29) is 11.7 Å². The Bertz CT molecular complexity index is 867. The summed E-state index contributed by atoms with van der Waals surface area (Å²) in [5.41, 5.74) is 4.03. The van der Waals surface area contributed by atoms with E-state index < -0.39 is 0 Å². The Labute approximate surface area is 134 Å². The standard InChI is InChI=1S/C19H19FN2O/c1-11(19-21-16-7-6-14(20)10-17(16)22-19)13-5-8-18(23-2)15(9-13)12-3-4-12/h5-12H,3-4H2,1-2H3,(H,21,22). The molecule has 1 aromatic heterocycles. The minimum Gasteiger partial charge on any atom is -0.496 e. The van der Waals surface area contributed by atoms with Gasteiger partial charge >= 0.3 is 0 Å². The van der Waals surface area contributed by atoms with E-state index in [1.54, 1.807) is 13.2 Å². The SMILES string of the molecule is COc1ccc(C(C)c2nc3cc(F)ccc3[nH]2)cc1C1CC1. The molecule has 0 spiro atoms. The first-order valence-corrected chi connectivity index (χ1v) is 7.98. The van der Waals surface area contributed by atoms with Crippen molar-refractivity contribution in [1.82, 2.24) is 9.97 Å². The zero-order valence-electron chi connectivity index (χ0n) is 13.3. The van der Waals surface area contributed by atoms with Gasteiger partial charge in [0, 0.05) is 12.0 Å². The molecule has 118 valence electrons. The van der Waals surface area contributed by atoms with Gasteiger partial charge in [0.25, 0.3) is 0 Å². The van der Waals surface area contributed by atoms with E-state index >= 15 is 0 Å². The van der Waals surface area contributed by atoms with Crippen LogP contribution < -0.4 is 4.74 Å². The molecule has 4 rings (SSSR count). The number of aromatic amines is 1. The zero-order valence-corrected chi connectivity index (χ0v) is 13.3. The van der Waals surface area contributed by atoms with Crippen molar-refractivity contribution in [3.05, 3.63) is 59.2 Å². The smallest absolute Gasteiger partial charge is 0.125 e. The van der Waals surface area contributed by atoms with Gasteiger partial charge in [-0.15, -0.1) is 0 Å². The summed E-state index contributed by atoms with van der Waals surface area (Å²) in [6.07, 6.45) is 2.47. The first-order chi connectivity index (χ1) is 11.2. The molecular weight excluding hydrogens is 291 g/mol. The minimum absolute atomic E-state index is 0.119. The summed E-state index contributed by atoms with van der Waals surface area (Å²) in [5, 5.41) is 0. The normalized spacial score (nSPS) is 15.8. The number of imidazole rings is 1. The van der Waals surface area contributed by atoms with Gasteiger partial charge in [-0.3, -0.25) is 0 Å². The molecule has 3 aromatic rings. The summed E-state index contributed by atoms with van der Waals surface area (Å²) in [6, 6.07) is 11.0. The predicted octanol–water partition coefficient (Wildman–Crippen LogP) is 4.74. The fourth-order valence-electron chi connectivity index (χ4n) is 3.10. The van der Waals surface area contributed by atoms with Crippen LogP contribution in [0, 0.1) is 5.82 Å². The van der Waals surface area contributed by atoms with Crippen molar-refractivity contribution in [3.8, 4) is 5.75 Å². The number of ether oxygens (including phenoxy) is 1. The number of benzene rings is 2. The number of aromatic nitrogens is 2. The van der Waals surface area contributed by atoms with Crippen LogP contribution in [-0.2, 0) is 0 Å². The topological polar surface area (TPSA) is 37.9 Å². The van der Waals surface area contributed by atoms with E-state index in [1.807, 2.05) is 6.07 Å². The van der Waals surface area contributed by atoms with Crippen molar-refractivity contribution in [2.24, 2.45) is 0 Å². The number of nitrogens with zero attached hydrogens (tertiary/aromatic N) is 1. The monoisotopic (exact) mass is 310 g/mol. The van der Waals surface area contributed by atoms with E-state index in [1.165, 1.54) is 36.1 Å². The average molecular weight is 310 g/mol. The van der Waals surface area contributed by atoms with Crippen molar-refractivity contribution in [1.29, 1.82) is 0 Å². The highest BCUT2D eigenvalue weighted by molar-refractivity contribution is 5.75. The van der Waals surface area contributed by atoms with Crippen LogP contribution in [0.1, 0.15) is 48.6 Å². The van der Waals surface area contributed by atoms with E-state index in [2.05, 4.69) is 29.0 Å². The number of methoxy groups -OCH3 is 1. The third-order valence-electron chi connectivity index (χ3n) is 4.64. The van der Waals surface area contributed by atoms with Crippen LogP contribution in [0.15, 0.2) is 36.4 Å². The van der Waals surface area contributed by atoms with Crippen LogP contribution in [0.25, 0.3) is 11.0 Å². The van der Waals surface area contributed by atoms with Gasteiger partial charge in [0.15, 0.2) is 0 Å². The van der Waals surface area contributed by atoms with Gasteiger partial charge in [0.2, 0.25) is 0 Å². The molecule has 1 aliphatic carbocycles. The minimum atomic E-state index is -0.260. The van der Waals surface area contributed by atoms with Crippen molar-refractivity contribution in [2.75, 3.05) is 7.11 Å². The number of hydrogen-bond donors (Lipinski definition) is 1. The van der Waals surface area contributed by atoms with Gasteiger partial charge in [-0.05, 0) is 48.1 Å². The van der Waals surface area contributed by atoms with Crippen molar-refractivity contribution < 1.29 is 9.13 Å². The predicted molar refractivity (Wildman–Crippen MR) is 88.5 cm³/mol. The molecule has 0 amide bonds. The van der Waals surface area contributed by atoms with Gasteiger partial charge < -0.3 is 9.72 Å². The Morgan fingerprint density at radius 3 is 2.78 bits per heavy atom. The van der Waals surface area contributed by atoms with Crippen molar-refractivity contribution in [2.45, 2.75) is 31.6 Å². The van der Waals surface area contributed by atoms with Gasteiger partial charge in [-0.2, -0.15) is 0 Å². The Morgan fingerprint density at radius 2 is 2.04 bits per heavy atom. The molecule has 0 aliphatic heterocycles. The highest BCUT2D eigenvalue weighted by atomic mass is 19.1. The van der Waals surface area contributed by atoms with Crippen molar-refractivity contribution >= 4 is 11.0 Å². The summed E-state index contributed by atoms with van der Waals surface area (Å²) >= 11 is 0. The fraction of sp³-hybridized carbons (Fsp3) is 0.316. The van der Waals surface area contributed by atoms with Crippen molar-refractivity contribution in [3.63, 3.8) is 0 Å². The maximum Gasteiger partial charge on any atom is 0.125 e. The van der Waals surface area contributed by atoms with Crippen LogP contribution in [0.2, 0.25) is 0 Å². The summed E-state index contributed by atoms with van der Waals surface area (Å²) in [7, 11) is 1.72. The number of hydrogen-bond acceptors (Lipinski definition) is 2. The van der Waals surface area contributed by atoms with Crippen LogP contribution in [0.4, 0.5) is 4.39 Å². The zero-order chi connectivity index (χ0) is 16.0. The number of rotatable bonds is 4. The van der Waals surface area contributed by atoms with E-state index in [0.29, 0.717) is 11.4 Å². The van der Waals surface area contributed by atoms with E-state index in [4.69, 9.17) is 4.74 Å². The average Bonchev–Trinajstić information content (AvgIpc) is 3.33. The second-order valence-electron chi connectivity index (χ2n) is 6.28. The molecule has 1 fully saturated rings. The third-order valence-corrected chi connectivity index (χ3v) is 4.64. The first-order valence-electron chi connectivity index (χ1n) is 7.98.